The second-order valence-electron chi connectivity index (χ2n) is 8.10. The Morgan fingerprint density at radius 3 is 2.34 bits per heavy atom. The summed E-state index contributed by atoms with van der Waals surface area (Å²) < 4.78 is 26.9. The van der Waals surface area contributed by atoms with Gasteiger partial charge in [-0.3, -0.25) is 9.69 Å². The van der Waals surface area contributed by atoms with Crippen molar-refractivity contribution in [3.63, 3.8) is 0 Å². The molecular formula is C21H30N4O3S. The molecule has 0 unspecified atom stereocenters. The largest absolute Gasteiger partial charge is 0.336 e. The Hall–Kier alpha value is -1.95. The van der Waals surface area contributed by atoms with Crippen LogP contribution in [0.15, 0.2) is 30.3 Å². The van der Waals surface area contributed by atoms with Crippen LogP contribution in [0.1, 0.15) is 44.6 Å². The van der Waals surface area contributed by atoms with Crippen LogP contribution in [0.4, 0.5) is 0 Å². The van der Waals surface area contributed by atoms with Gasteiger partial charge in [0.15, 0.2) is 0 Å². The van der Waals surface area contributed by atoms with Gasteiger partial charge in [0.1, 0.15) is 5.54 Å². The summed E-state index contributed by atoms with van der Waals surface area (Å²) in [6.45, 7) is 3.58. The Balaban J connectivity index is 1.54. The third-order valence-electron chi connectivity index (χ3n) is 6.07. The Morgan fingerprint density at radius 1 is 1.14 bits per heavy atom. The van der Waals surface area contributed by atoms with E-state index in [-0.39, 0.29) is 17.7 Å². The molecule has 8 heteroatoms. The highest BCUT2D eigenvalue weighted by Gasteiger charge is 2.37. The lowest BCUT2D eigenvalue weighted by molar-refractivity contribution is -0.128. The third-order valence-corrected chi connectivity index (χ3v) is 7.92. The van der Waals surface area contributed by atoms with Crippen LogP contribution >= 0.6 is 0 Å². The molecule has 158 valence electrons. The highest BCUT2D eigenvalue weighted by atomic mass is 32.2. The quantitative estimate of drug-likeness (QED) is 0.761. The maximum Gasteiger partial charge on any atom is 0.238 e. The molecule has 1 aliphatic carbocycles. The average Bonchev–Trinajstić information content (AvgIpc) is 2.74. The number of nitrogens with zero attached hydrogens (tertiary/aromatic N) is 3. The van der Waals surface area contributed by atoms with E-state index in [0.29, 0.717) is 39.0 Å². The van der Waals surface area contributed by atoms with Gasteiger partial charge >= 0.3 is 0 Å². The number of sulfonamides is 1. The standard InChI is InChI=1S/C21H30N4O3S/c1-18(20(26)23-21(17-22)10-6-3-7-11-21)24-12-14-25(15-13-24)29(27,28)16-19-8-4-2-5-9-19/h2,4-5,8-9,18H,3,6-7,10-16H2,1H3,(H,23,26)/t18-/m0/s1. The van der Waals surface area contributed by atoms with Crippen LogP contribution in [0.3, 0.4) is 0 Å². The Kier molecular flexibility index (Phi) is 6.93. The first-order valence-electron chi connectivity index (χ1n) is 10.3. The van der Waals surface area contributed by atoms with Crippen LogP contribution < -0.4 is 5.32 Å². The molecule has 1 saturated carbocycles. The van der Waals surface area contributed by atoms with Crippen LogP contribution in [0.25, 0.3) is 0 Å². The van der Waals surface area contributed by atoms with Crippen molar-refractivity contribution in [1.29, 1.82) is 5.26 Å². The van der Waals surface area contributed by atoms with Crippen molar-refractivity contribution in [2.24, 2.45) is 0 Å². The van der Waals surface area contributed by atoms with E-state index in [0.717, 1.165) is 24.8 Å². The number of rotatable bonds is 6. The molecule has 1 atom stereocenters. The number of nitrogens with one attached hydrogen (secondary N) is 1. The molecule has 29 heavy (non-hydrogen) atoms. The molecule has 2 fully saturated rings. The fourth-order valence-corrected chi connectivity index (χ4v) is 5.69. The van der Waals surface area contributed by atoms with Gasteiger partial charge in [0.2, 0.25) is 15.9 Å². The van der Waals surface area contributed by atoms with Gasteiger partial charge in [-0.15, -0.1) is 0 Å². The van der Waals surface area contributed by atoms with Crippen molar-refractivity contribution < 1.29 is 13.2 Å². The summed E-state index contributed by atoms with van der Waals surface area (Å²) in [5, 5.41) is 12.6. The van der Waals surface area contributed by atoms with Gasteiger partial charge in [-0.1, -0.05) is 49.6 Å². The Bertz CT molecular complexity index is 836. The maximum atomic E-state index is 12.8. The van der Waals surface area contributed by atoms with Crippen molar-refractivity contribution in [3.8, 4) is 6.07 Å². The van der Waals surface area contributed by atoms with Crippen molar-refractivity contribution in [3.05, 3.63) is 35.9 Å². The number of carbonyl (C=O) groups excluding carboxylic acids is 1. The lowest BCUT2D eigenvalue weighted by Gasteiger charge is -2.38. The fourth-order valence-electron chi connectivity index (χ4n) is 4.17. The molecule has 0 bridgehead atoms. The van der Waals surface area contributed by atoms with Crippen LogP contribution in [-0.4, -0.2) is 61.3 Å². The lowest BCUT2D eigenvalue weighted by atomic mass is 9.82. The van der Waals surface area contributed by atoms with Gasteiger partial charge in [0.25, 0.3) is 0 Å². The summed E-state index contributed by atoms with van der Waals surface area (Å²) in [6, 6.07) is 11.1. The van der Waals surface area contributed by atoms with E-state index < -0.39 is 15.6 Å². The average molecular weight is 419 g/mol. The monoisotopic (exact) mass is 418 g/mol. The number of benzene rings is 1. The molecule has 1 aromatic carbocycles. The van der Waals surface area contributed by atoms with Crippen molar-refractivity contribution >= 4 is 15.9 Å². The molecule has 0 spiro atoms. The highest BCUT2D eigenvalue weighted by molar-refractivity contribution is 7.88. The van der Waals surface area contributed by atoms with Crippen molar-refractivity contribution in [1.82, 2.24) is 14.5 Å². The number of hydrogen-bond donors (Lipinski definition) is 1. The fraction of sp³-hybridized carbons (Fsp3) is 0.619. The topological polar surface area (TPSA) is 93.5 Å². The molecule has 1 aliphatic heterocycles. The number of nitriles is 1. The van der Waals surface area contributed by atoms with E-state index >= 15 is 0 Å². The highest BCUT2D eigenvalue weighted by Crippen LogP contribution is 2.28. The summed E-state index contributed by atoms with van der Waals surface area (Å²) in [5.41, 5.74) is 0.0294. The molecule has 0 aromatic heterocycles. The van der Waals surface area contributed by atoms with Crippen LogP contribution in [0.5, 0.6) is 0 Å². The predicted molar refractivity (Wildman–Crippen MR) is 111 cm³/mol. The lowest BCUT2D eigenvalue weighted by Crippen LogP contribution is -2.58. The molecule has 1 N–H and O–H groups in total. The molecule has 1 amide bonds. The van der Waals surface area contributed by atoms with Gasteiger partial charge in [0.05, 0.1) is 17.9 Å². The number of piperazine rings is 1. The Morgan fingerprint density at radius 2 is 1.76 bits per heavy atom. The minimum Gasteiger partial charge on any atom is -0.336 e. The molecule has 0 radical (unpaired) electrons. The second-order valence-corrected chi connectivity index (χ2v) is 10.1. The number of hydrogen-bond acceptors (Lipinski definition) is 5. The van der Waals surface area contributed by atoms with E-state index in [1.807, 2.05) is 42.2 Å². The van der Waals surface area contributed by atoms with E-state index in [4.69, 9.17) is 0 Å². The zero-order valence-corrected chi connectivity index (χ0v) is 17.8. The maximum absolute atomic E-state index is 12.8. The summed E-state index contributed by atoms with van der Waals surface area (Å²) in [6.07, 6.45) is 4.43. The summed E-state index contributed by atoms with van der Waals surface area (Å²) in [5.74, 6) is -0.150. The van der Waals surface area contributed by atoms with Gasteiger partial charge in [-0.05, 0) is 25.3 Å². The molecule has 1 heterocycles. The van der Waals surface area contributed by atoms with Crippen LogP contribution in [0.2, 0.25) is 0 Å². The molecule has 2 aliphatic rings. The van der Waals surface area contributed by atoms with Gasteiger partial charge < -0.3 is 5.32 Å². The van der Waals surface area contributed by atoms with Crippen LogP contribution in [-0.2, 0) is 20.6 Å². The van der Waals surface area contributed by atoms with Gasteiger partial charge in [-0.25, -0.2) is 8.42 Å². The molecule has 1 aromatic rings. The zero-order valence-electron chi connectivity index (χ0n) is 17.0. The molecule has 7 nitrogen and oxygen atoms in total. The van der Waals surface area contributed by atoms with E-state index in [1.165, 1.54) is 4.31 Å². The summed E-state index contributed by atoms with van der Waals surface area (Å²) >= 11 is 0. The second kappa shape index (κ2) is 9.24. The predicted octanol–water partition coefficient (Wildman–Crippen LogP) is 1.87. The smallest absolute Gasteiger partial charge is 0.238 e. The molecule has 1 saturated heterocycles. The normalized spacial score (nSPS) is 21.8. The number of carbonyl (C=O) groups is 1. The Labute approximate surface area is 173 Å². The van der Waals surface area contributed by atoms with Gasteiger partial charge in [0, 0.05) is 26.2 Å². The van der Waals surface area contributed by atoms with E-state index in [1.54, 1.807) is 0 Å². The first kappa shape index (κ1) is 21.8. The summed E-state index contributed by atoms with van der Waals surface area (Å²) in [7, 11) is -3.38. The minimum atomic E-state index is -3.38. The first-order chi connectivity index (χ1) is 13.9. The first-order valence-corrected chi connectivity index (χ1v) is 12.0. The molecule has 3 rings (SSSR count). The SMILES string of the molecule is C[C@@H](C(=O)NC1(C#N)CCCCC1)N1CCN(S(=O)(=O)Cc2ccccc2)CC1. The number of amides is 1. The van der Waals surface area contributed by atoms with E-state index in [9.17, 15) is 18.5 Å². The molecular weight excluding hydrogens is 388 g/mol. The minimum absolute atomic E-state index is 0.00539. The van der Waals surface area contributed by atoms with Crippen molar-refractivity contribution in [2.75, 3.05) is 26.2 Å². The van der Waals surface area contributed by atoms with Crippen molar-refractivity contribution in [2.45, 2.75) is 56.4 Å². The zero-order chi connectivity index (χ0) is 20.9. The third kappa shape index (κ3) is 5.35. The van der Waals surface area contributed by atoms with Crippen LogP contribution in [0, 0.1) is 11.3 Å². The van der Waals surface area contributed by atoms with Gasteiger partial charge in [-0.2, -0.15) is 9.57 Å². The summed E-state index contributed by atoms with van der Waals surface area (Å²) in [4.78, 5) is 14.8. The van der Waals surface area contributed by atoms with E-state index in [2.05, 4.69) is 11.4 Å².